The van der Waals surface area contributed by atoms with Gasteiger partial charge in [0.05, 0.1) is 5.56 Å². The summed E-state index contributed by atoms with van der Waals surface area (Å²) in [6.45, 7) is 9.81. The van der Waals surface area contributed by atoms with E-state index >= 15 is 0 Å². The first-order valence-corrected chi connectivity index (χ1v) is 5.58. The molecule has 0 aliphatic heterocycles. The van der Waals surface area contributed by atoms with E-state index < -0.39 is 0 Å². The molecule has 0 aromatic carbocycles. The lowest BCUT2D eigenvalue weighted by Crippen LogP contribution is -2.23. The van der Waals surface area contributed by atoms with E-state index in [0.29, 0.717) is 11.4 Å². The quantitative estimate of drug-likeness (QED) is 0.796. The van der Waals surface area contributed by atoms with Gasteiger partial charge in [-0.15, -0.1) is 0 Å². The molecule has 1 aromatic rings. The summed E-state index contributed by atoms with van der Waals surface area (Å²) in [5.41, 5.74) is 0.292. The molecule has 3 nitrogen and oxygen atoms in total. The summed E-state index contributed by atoms with van der Waals surface area (Å²) in [6, 6.07) is 3.89. The van der Waals surface area contributed by atoms with Crippen LogP contribution in [0.3, 0.4) is 0 Å². The lowest BCUT2D eigenvalue weighted by molar-refractivity contribution is 0.0859. The molecule has 16 heavy (non-hydrogen) atoms. The largest absolute Gasteiger partial charge is 0.367 e. The van der Waals surface area contributed by atoms with Crippen LogP contribution in [0.4, 0.5) is 5.82 Å². The topological polar surface area (TPSA) is 42.0 Å². The van der Waals surface area contributed by atoms with Crippen LogP contribution in [0.15, 0.2) is 18.3 Å². The van der Waals surface area contributed by atoms with E-state index in [9.17, 15) is 4.79 Å². The molecule has 88 valence electrons. The number of pyridine rings is 1. The van der Waals surface area contributed by atoms with Crippen molar-refractivity contribution in [3.63, 3.8) is 0 Å². The molecule has 0 aliphatic carbocycles. The molecule has 1 rings (SSSR count). The summed E-state index contributed by atoms with van der Waals surface area (Å²) >= 11 is 0. The highest BCUT2D eigenvalue weighted by Crippen LogP contribution is 2.24. The standard InChI is InChI=1S/C13H20N2O/c1-9(2)15-12-10(7-6-8-14-12)11(16)13(3,4)5/h6-9H,1-5H3,(H,14,15). The van der Waals surface area contributed by atoms with Gasteiger partial charge in [-0.25, -0.2) is 4.98 Å². The van der Waals surface area contributed by atoms with E-state index in [4.69, 9.17) is 0 Å². The molecule has 1 N–H and O–H groups in total. The highest BCUT2D eigenvalue weighted by molar-refractivity contribution is 6.03. The van der Waals surface area contributed by atoms with Crippen molar-refractivity contribution in [2.45, 2.75) is 40.7 Å². The molecule has 0 spiro atoms. The highest BCUT2D eigenvalue weighted by Gasteiger charge is 2.25. The highest BCUT2D eigenvalue weighted by atomic mass is 16.1. The number of hydrogen-bond acceptors (Lipinski definition) is 3. The number of nitrogens with one attached hydrogen (secondary N) is 1. The zero-order valence-electron chi connectivity index (χ0n) is 10.7. The second-order valence-corrected chi connectivity index (χ2v) is 5.28. The fourth-order valence-corrected chi connectivity index (χ4v) is 1.38. The average Bonchev–Trinajstić information content (AvgIpc) is 2.15. The van der Waals surface area contributed by atoms with Gasteiger partial charge in [-0.3, -0.25) is 4.79 Å². The van der Waals surface area contributed by atoms with Crippen molar-refractivity contribution in [2.24, 2.45) is 5.41 Å². The van der Waals surface area contributed by atoms with Crippen LogP contribution in [0.5, 0.6) is 0 Å². The smallest absolute Gasteiger partial charge is 0.171 e. The Hall–Kier alpha value is -1.38. The van der Waals surface area contributed by atoms with E-state index in [1.165, 1.54) is 0 Å². The van der Waals surface area contributed by atoms with Gasteiger partial charge in [0.25, 0.3) is 0 Å². The minimum Gasteiger partial charge on any atom is -0.367 e. The Kier molecular flexibility index (Phi) is 3.68. The van der Waals surface area contributed by atoms with E-state index in [2.05, 4.69) is 10.3 Å². The maximum atomic E-state index is 12.2. The predicted molar refractivity (Wildman–Crippen MR) is 66.8 cm³/mol. The van der Waals surface area contributed by atoms with Gasteiger partial charge in [-0.05, 0) is 26.0 Å². The van der Waals surface area contributed by atoms with Crippen molar-refractivity contribution >= 4 is 11.6 Å². The van der Waals surface area contributed by atoms with Gasteiger partial charge in [0.1, 0.15) is 5.82 Å². The van der Waals surface area contributed by atoms with E-state index in [1.807, 2.05) is 40.7 Å². The van der Waals surface area contributed by atoms with Crippen LogP contribution in [-0.2, 0) is 0 Å². The fraction of sp³-hybridized carbons (Fsp3) is 0.538. The number of anilines is 1. The minimum atomic E-state index is -0.379. The van der Waals surface area contributed by atoms with Crippen LogP contribution >= 0.6 is 0 Å². The third kappa shape index (κ3) is 3.05. The summed E-state index contributed by atoms with van der Waals surface area (Å²) in [5, 5.41) is 3.19. The summed E-state index contributed by atoms with van der Waals surface area (Å²) in [4.78, 5) is 16.4. The van der Waals surface area contributed by atoms with Crippen LogP contribution in [-0.4, -0.2) is 16.8 Å². The normalized spacial score (nSPS) is 11.6. The SMILES string of the molecule is CC(C)Nc1ncccc1C(=O)C(C)(C)C. The van der Waals surface area contributed by atoms with Crippen LogP contribution in [0.1, 0.15) is 45.0 Å². The first-order chi connectivity index (χ1) is 7.32. The van der Waals surface area contributed by atoms with E-state index in [1.54, 1.807) is 12.3 Å². The van der Waals surface area contributed by atoms with Crippen molar-refractivity contribution in [3.05, 3.63) is 23.9 Å². The summed E-state index contributed by atoms with van der Waals surface area (Å²) in [7, 11) is 0. The number of carbonyl (C=O) groups is 1. The Morgan fingerprint density at radius 2 is 2.00 bits per heavy atom. The summed E-state index contributed by atoms with van der Waals surface area (Å²) < 4.78 is 0. The lowest BCUT2D eigenvalue weighted by Gasteiger charge is -2.19. The van der Waals surface area contributed by atoms with E-state index in [-0.39, 0.29) is 17.2 Å². The Balaban J connectivity index is 3.09. The van der Waals surface area contributed by atoms with Gasteiger partial charge >= 0.3 is 0 Å². The molecule has 0 aliphatic rings. The number of ketones is 1. The number of carbonyl (C=O) groups excluding carboxylic acids is 1. The number of aromatic nitrogens is 1. The molecule has 0 radical (unpaired) electrons. The first kappa shape index (κ1) is 12.7. The average molecular weight is 220 g/mol. The molecule has 3 heteroatoms. The molecule has 0 fully saturated rings. The van der Waals surface area contributed by atoms with Crippen molar-refractivity contribution in [1.82, 2.24) is 4.98 Å². The third-order valence-corrected chi connectivity index (χ3v) is 2.16. The molecule has 0 saturated heterocycles. The van der Waals surface area contributed by atoms with Gasteiger partial charge in [-0.1, -0.05) is 20.8 Å². The summed E-state index contributed by atoms with van der Waals surface area (Å²) in [6.07, 6.45) is 1.70. The predicted octanol–water partition coefficient (Wildman–Crippen LogP) is 3.13. The lowest BCUT2D eigenvalue weighted by atomic mass is 9.86. The van der Waals surface area contributed by atoms with Gasteiger partial charge in [0, 0.05) is 17.7 Å². The summed E-state index contributed by atoms with van der Waals surface area (Å²) in [5.74, 6) is 0.793. The monoisotopic (exact) mass is 220 g/mol. The maximum Gasteiger partial charge on any atom is 0.171 e. The van der Waals surface area contributed by atoms with Crippen molar-refractivity contribution in [1.29, 1.82) is 0 Å². The molecule has 0 atom stereocenters. The Bertz CT molecular complexity index is 378. The second kappa shape index (κ2) is 4.64. The molecule has 1 heterocycles. The minimum absolute atomic E-state index is 0.115. The van der Waals surface area contributed by atoms with Gasteiger partial charge < -0.3 is 5.32 Å². The van der Waals surface area contributed by atoms with Crippen molar-refractivity contribution in [3.8, 4) is 0 Å². The second-order valence-electron chi connectivity index (χ2n) is 5.28. The maximum absolute atomic E-state index is 12.2. The Morgan fingerprint density at radius 3 is 2.50 bits per heavy atom. The van der Waals surface area contributed by atoms with Gasteiger partial charge in [-0.2, -0.15) is 0 Å². The molecule has 0 amide bonds. The molecular formula is C13H20N2O. The van der Waals surface area contributed by atoms with Crippen LogP contribution in [0.2, 0.25) is 0 Å². The number of rotatable bonds is 3. The zero-order chi connectivity index (χ0) is 12.3. The first-order valence-electron chi connectivity index (χ1n) is 5.58. The Morgan fingerprint density at radius 1 is 1.38 bits per heavy atom. The number of Topliss-reactive ketones (excluding diaryl/α,β-unsaturated/α-hetero) is 1. The molecular weight excluding hydrogens is 200 g/mol. The van der Waals surface area contributed by atoms with Crippen LogP contribution in [0.25, 0.3) is 0 Å². The fourth-order valence-electron chi connectivity index (χ4n) is 1.38. The van der Waals surface area contributed by atoms with Crippen molar-refractivity contribution in [2.75, 3.05) is 5.32 Å². The van der Waals surface area contributed by atoms with Gasteiger partial charge in [0.2, 0.25) is 0 Å². The van der Waals surface area contributed by atoms with E-state index in [0.717, 1.165) is 0 Å². The Labute approximate surface area is 97.3 Å². The zero-order valence-corrected chi connectivity index (χ0v) is 10.7. The number of nitrogens with zero attached hydrogens (tertiary/aromatic N) is 1. The van der Waals surface area contributed by atoms with Crippen molar-refractivity contribution < 1.29 is 4.79 Å². The van der Waals surface area contributed by atoms with Crippen LogP contribution in [0, 0.1) is 5.41 Å². The van der Waals surface area contributed by atoms with Crippen LogP contribution < -0.4 is 5.32 Å². The third-order valence-electron chi connectivity index (χ3n) is 2.16. The number of hydrogen-bond donors (Lipinski definition) is 1. The molecule has 1 aromatic heterocycles. The molecule has 0 unspecified atom stereocenters. The molecule has 0 bridgehead atoms. The molecule has 0 saturated carbocycles. The van der Waals surface area contributed by atoms with Gasteiger partial charge in [0.15, 0.2) is 5.78 Å².